The minimum atomic E-state index is -0.0583. The first-order chi connectivity index (χ1) is 10.2. The van der Waals surface area contributed by atoms with E-state index in [0.29, 0.717) is 25.0 Å². The highest BCUT2D eigenvalue weighted by molar-refractivity contribution is 5.75. The molecule has 0 aromatic heterocycles. The SMILES string of the molecule is CCC(CC1CC1C(=O)OC)c1ccc2c(c1)OCCO2. The highest BCUT2D eigenvalue weighted by atomic mass is 16.6. The van der Waals surface area contributed by atoms with E-state index in [2.05, 4.69) is 19.1 Å². The topological polar surface area (TPSA) is 44.8 Å². The summed E-state index contributed by atoms with van der Waals surface area (Å²) < 4.78 is 16.0. The van der Waals surface area contributed by atoms with Crippen molar-refractivity contribution in [2.24, 2.45) is 11.8 Å². The van der Waals surface area contributed by atoms with Crippen molar-refractivity contribution >= 4 is 5.97 Å². The quantitative estimate of drug-likeness (QED) is 0.781. The van der Waals surface area contributed by atoms with Crippen LogP contribution in [0.4, 0.5) is 0 Å². The van der Waals surface area contributed by atoms with Gasteiger partial charge in [-0.25, -0.2) is 0 Å². The Morgan fingerprint density at radius 2 is 2.10 bits per heavy atom. The summed E-state index contributed by atoms with van der Waals surface area (Å²) in [5, 5.41) is 0. The zero-order valence-electron chi connectivity index (χ0n) is 12.6. The predicted molar refractivity (Wildman–Crippen MR) is 78.7 cm³/mol. The Bertz CT molecular complexity index is 526. The Balaban J connectivity index is 1.68. The van der Waals surface area contributed by atoms with Crippen molar-refractivity contribution in [2.45, 2.75) is 32.1 Å². The highest BCUT2D eigenvalue weighted by Gasteiger charge is 2.44. The largest absolute Gasteiger partial charge is 0.486 e. The lowest BCUT2D eigenvalue weighted by atomic mass is 9.90. The molecule has 1 aromatic rings. The van der Waals surface area contributed by atoms with Gasteiger partial charge in [-0.3, -0.25) is 4.79 Å². The maximum atomic E-state index is 11.5. The first kappa shape index (κ1) is 14.2. The third-order valence-corrected chi connectivity index (χ3v) is 4.54. The van der Waals surface area contributed by atoms with Crippen molar-refractivity contribution in [3.8, 4) is 11.5 Å². The molecule has 0 amide bonds. The molecule has 1 aliphatic heterocycles. The summed E-state index contributed by atoms with van der Waals surface area (Å²) in [6, 6.07) is 6.21. The molecule has 3 rings (SSSR count). The van der Waals surface area contributed by atoms with E-state index in [9.17, 15) is 4.79 Å². The van der Waals surface area contributed by atoms with E-state index >= 15 is 0 Å². The van der Waals surface area contributed by atoms with Crippen molar-refractivity contribution in [1.29, 1.82) is 0 Å². The number of rotatable bonds is 5. The Labute approximate surface area is 125 Å². The lowest BCUT2D eigenvalue weighted by molar-refractivity contribution is -0.142. The Morgan fingerprint density at radius 1 is 1.33 bits per heavy atom. The maximum absolute atomic E-state index is 11.5. The van der Waals surface area contributed by atoms with E-state index in [1.165, 1.54) is 12.7 Å². The van der Waals surface area contributed by atoms with Crippen molar-refractivity contribution in [1.82, 2.24) is 0 Å². The van der Waals surface area contributed by atoms with Gasteiger partial charge in [0.1, 0.15) is 13.2 Å². The van der Waals surface area contributed by atoms with E-state index in [1.54, 1.807) is 0 Å². The van der Waals surface area contributed by atoms with Crippen LogP contribution in [0, 0.1) is 11.8 Å². The molecule has 0 spiro atoms. The van der Waals surface area contributed by atoms with E-state index in [1.807, 2.05) is 6.07 Å². The standard InChI is InChI=1S/C17H22O4/c1-3-11(8-13-9-14(13)17(18)19-2)12-4-5-15-16(10-12)21-7-6-20-15/h4-5,10-11,13-14H,3,6-9H2,1-2H3. The van der Waals surface area contributed by atoms with Gasteiger partial charge in [0, 0.05) is 0 Å². The molecule has 0 radical (unpaired) electrons. The van der Waals surface area contributed by atoms with Gasteiger partial charge in [-0.1, -0.05) is 13.0 Å². The number of hydrogen-bond acceptors (Lipinski definition) is 4. The second-order valence-corrected chi connectivity index (χ2v) is 5.87. The average molecular weight is 290 g/mol. The Morgan fingerprint density at radius 3 is 2.81 bits per heavy atom. The zero-order chi connectivity index (χ0) is 14.8. The number of methoxy groups -OCH3 is 1. The summed E-state index contributed by atoms with van der Waals surface area (Å²) >= 11 is 0. The monoisotopic (exact) mass is 290 g/mol. The molecule has 4 heteroatoms. The van der Waals surface area contributed by atoms with Gasteiger partial charge in [0.05, 0.1) is 13.0 Å². The van der Waals surface area contributed by atoms with Crippen LogP contribution in [0.25, 0.3) is 0 Å². The first-order valence-electron chi connectivity index (χ1n) is 7.70. The van der Waals surface area contributed by atoms with Gasteiger partial charge in [-0.05, 0) is 48.8 Å². The summed E-state index contributed by atoms with van der Waals surface area (Å²) in [5.41, 5.74) is 1.28. The van der Waals surface area contributed by atoms with Crippen LogP contribution in [-0.4, -0.2) is 26.3 Å². The van der Waals surface area contributed by atoms with Gasteiger partial charge in [-0.15, -0.1) is 0 Å². The average Bonchev–Trinajstić information content (AvgIpc) is 3.30. The third-order valence-electron chi connectivity index (χ3n) is 4.54. The molecule has 1 saturated carbocycles. The number of hydrogen-bond donors (Lipinski definition) is 0. The van der Waals surface area contributed by atoms with E-state index < -0.39 is 0 Å². The van der Waals surface area contributed by atoms with Crippen LogP contribution < -0.4 is 9.47 Å². The summed E-state index contributed by atoms with van der Waals surface area (Å²) in [4.78, 5) is 11.5. The number of esters is 1. The summed E-state index contributed by atoms with van der Waals surface area (Å²) in [5.74, 6) is 2.66. The number of fused-ring (bicyclic) bond motifs is 1. The van der Waals surface area contributed by atoms with Crippen molar-refractivity contribution in [2.75, 3.05) is 20.3 Å². The van der Waals surface area contributed by atoms with E-state index in [4.69, 9.17) is 14.2 Å². The molecule has 1 fully saturated rings. The molecule has 1 aromatic carbocycles. The zero-order valence-corrected chi connectivity index (χ0v) is 12.6. The van der Waals surface area contributed by atoms with E-state index in [0.717, 1.165) is 30.8 Å². The van der Waals surface area contributed by atoms with Crippen LogP contribution in [0.3, 0.4) is 0 Å². The van der Waals surface area contributed by atoms with Crippen LogP contribution in [0.1, 0.15) is 37.7 Å². The fourth-order valence-corrected chi connectivity index (χ4v) is 3.17. The fraction of sp³-hybridized carbons (Fsp3) is 0.588. The molecule has 21 heavy (non-hydrogen) atoms. The van der Waals surface area contributed by atoms with Crippen molar-refractivity contribution in [3.63, 3.8) is 0 Å². The second kappa shape index (κ2) is 5.96. The molecule has 3 atom stereocenters. The van der Waals surface area contributed by atoms with Crippen LogP contribution in [0.15, 0.2) is 18.2 Å². The minimum absolute atomic E-state index is 0.0583. The molecular formula is C17H22O4. The Hall–Kier alpha value is -1.71. The summed E-state index contributed by atoms with van der Waals surface area (Å²) in [6.45, 7) is 3.42. The normalized spacial score (nSPS) is 24.3. The number of carbonyl (C=O) groups is 1. The molecule has 114 valence electrons. The lowest BCUT2D eigenvalue weighted by Gasteiger charge is -2.21. The van der Waals surface area contributed by atoms with Gasteiger partial charge in [0.15, 0.2) is 11.5 Å². The van der Waals surface area contributed by atoms with Gasteiger partial charge in [0.25, 0.3) is 0 Å². The number of carbonyl (C=O) groups excluding carboxylic acids is 1. The molecule has 1 heterocycles. The number of ether oxygens (including phenoxy) is 3. The van der Waals surface area contributed by atoms with Crippen LogP contribution in [0.2, 0.25) is 0 Å². The third kappa shape index (κ3) is 2.99. The van der Waals surface area contributed by atoms with Crippen LogP contribution in [-0.2, 0) is 9.53 Å². The molecule has 3 unspecified atom stereocenters. The molecule has 0 bridgehead atoms. The fourth-order valence-electron chi connectivity index (χ4n) is 3.17. The van der Waals surface area contributed by atoms with Gasteiger partial charge in [-0.2, -0.15) is 0 Å². The minimum Gasteiger partial charge on any atom is -0.486 e. The van der Waals surface area contributed by atoms with Gasteiger partial charge >= 0.3 is 5.97 Å². The molecule has 0 N–H and O–H groups in total. The number of benzene rings is 1. The predicted octanol–water partition coefficient (Wildman–Crippen LogP) is 3.15. The second-order valence-electron chi connectivity index (χ2n) is 5.87. The summed E-state index contributed by atoms with van der Waals surface area (Å²) in [6.07, 6.45) is 3.06. The van der Waals surface area contributed by atoms with Crippen molar-refractivity contribution < 1.29 is 19.0 Å². The first-order valence-corrected chi connectivity index (χ1v) is 7.70. The van der Waals surface area contributed by atoms with Crippen LogP contribution >= 0.6 is 0 Å². The Kier molecular flexibility index (Phi) is 4.04. The smallest absolute Gasteiger partial charge is 0.308 e. The van der Waals surface area contributed by atoms with E-state index in [-0.39, 0.29) is 11.9 Å². The highest BCUT2D eigenvalue weighted by Crippen LogP contribution is 2.47. The lowest BCUT2D eigenvalue weighted by Crippen LogP contribution is -2.15. The van der Waals surface area contributed by atoms with Gasteiger partial charge in [0.2, 0.25) is 0 Å². The van der Waals surface area contributed by atoms with Crippen LogP contribution in [0.5, 0.6) is 11.5 Å². The molecule has 4 nitrogen and oxygen atoms in total. The van der Waals surface area contributed by atoms with Gasteiger partial charge < -0.3 is 14.2 Å². The molecule has 1 aliphatic carbocycles. The molecular weight excluding hydrogens is 268 g/mol. The van der Waals surface area contributed by atoms with Crippen molar-refractivity contribution in [3.05, 3.63) is 23.8 Å². The maximum Gasteiger partial charge on any atom is 0.308 e. The summed E-state index contributed by atoms with van der Waals surface area (Å²) in [7, 11) is 1.47. The molecule has 2 aliphatic rings. The molecule has 0 saturated heterocycles.